The molecule has 2 amide bonds. The first-order valence-corrected chi connectivity index (χ1v) is 5.41. The molecule has 1 aromatic heterocycles. The van der Waals surface area contributed by atoms with Crippen molar-refractivity contribution in [3.05, 3.63) is 24.0 Å². The highest BCUT2D eigenvalue weighted by Crippen LogP contribution is 2.11. The van der Waals surface area contributed by atoms with E-state index in [0.717, 1.165) is 0 Å². The zero-order valence-electron chi connectivity index (χ0n) is 10.1. The zero-order chi connectivity index (χ0) is 13.4. The van der Waals surface area contributed by atoms with E-state index in [1.807, 2.05) is 0 Å². The molecule has 0 spiro atoms. The van der Waals surface area contributed by atoms with Crippen molar-refractivity contribution in [1.82, 2.24) is 10.3 Å². The van der Waals surface area contributed by atoms with Crippen molar-refractivity contribution >= 4 is 17.5 Å². The number of pyridine rings is 1. The lowest BCUT2D eigenvalue weighted by atomic mass is 10.2. The molecule has 98 valence electrons. The Morgan fingerprint density at radius 3 is 2.94 bits per heavy atom. The number of rotatable bonds is 7. The van der Waals surface area contributed by atoms with Gasteiger partial charge in [0.05, 0.1) is 24.1 Å². The molecule has 0 aliphatic heterocycles. The third-order valence-electron chi connectivity index (χ3n) is 2.11. The number of anilines is 1. The number of nitrogens with one attached hydrogen (secondary N) is 2. The maximum absolute atomic E-state index is 11.8. The molecule has 0 saturated heterocycles. The summed E-state index contributed by atoms with van der Waals surface area (Å²) in [6, 6.07) is 1.62. The molecule has 0 aliphatic carbocycles. The highest BCUT2D eigenvalue weighted by molar-refractivity contribution is 5.99. The Kier molecular flexibility index (Phi) is 5.59. The normalized spacial score (nSPS) is 9.83. The summed E-state index contributed by atoms with van der Waals surface area (Å²) >= 11 is 0. The summed E-state index contributed by atoms with van der Waals surface area (Å²) in [6.45, 7) is 0.388. The molecule has 0 atom stereocenters. The summed E-state index contributed by atoms with van der Waals surface area (Å²) in [4.78, 5) is 26.1. The van der Waals surface area contributed by atoms with Crippen LogP contribution < -0.4 is 16.4 Å². The van der Waals surface area contributed by atoms with E-state index in [1.165, 1.54) is 0 Å². The molecule has 1 rings (SSSR count). The van der Waals surface area contributed by atoms with Gasteiger partial charge in [0.2, 0.25) is 5.91 Å². The van der Waals surface area contributed by atoms with Crippen molar-refractivity contribution in [2.24, 2.45) is 5.73 Å². The van der Waals surface area contributed by atoms with Crippen LogP contribution in [0.5, 0.6) is 0 Å². The van der Waals surface area contributed by atoms with Crippen LogP contribution >= 0.6 is 0 Å². The predicted molar refractivity (Wildman–Crippen MR) is 66.1 cm³/mol. The van der Waals surface area contributed by atoms with Gasteiger partial charge in [0.15, 0.2) is 0 Å². The average molecular weight is 252 g/mol. The van der Waals surface area contributed by atoms with Gasteiger partial charge in [-0.2, -0.15) is 0 Å². The first kappa shape index (κ1) is 13.9. The number of primary amides is 1. The van der Waals surface area contributed by atoms with Gasteiger partial charge in [0.1, 0.15) is 6.61 Å². The van der Waals surface area contributed by atoms with Gasteiger partial charge in [-0.3, -0.25) is 14.6 Å². The number of ether oxygens (including phenoxy) is 1. The van der Waals surface area contributed by atoms with E-state index >= 15 is 0 Å². The number of amides is 2. The largest absolute Gasteiger partial charge is 0.386 e. The Morgan fingerprint density at radius 1 is 1.50 bits per heavy atom. The Labute approximate surface area is 105 Å². The standard InChI is InChI=1S/C11H16N4O3/c1-13-9-6-14-3-2-8(9)11(17)15-4-5-18-7-10(12)16/h2-3,6,13H,4-5,7H2,1H3,(H2,12,16)(H,15,17). The van der Waals surface area contributed by atoms with Crippen LogP contribution in [0.1, 0.15) is 10.4 Å². The number of hydrogen-bond acceptors (Lipinski definition) is 5. The third-order valence-corrected chi connectivity index (χ3v) is 2.11. The molecule has 7 heteroatoms. The van der Waals surface area contributed by atoms with Crippen LogP contribution in [-0.4, -0.2) is 43.6 Å². The average Bonchev–Trinajstić information content (AvgIpc) is 2.37. The minimum Gasteiger partial charge on any atom is -0.386 e. The molecule has 0 saturated carbocycles. The van der Waals surface area contributed by atoms with Crippen LogP contribution in [0.15, 0.2) is 18.5 Å². The number of carbonyl (C=O) groups excluding carboxylic acids is 2. The van der Waals surface area contributed by atoms with Crippen molar-refractivity contribution in [2.75, 3.05) is 32.1 Å². The van der Waals surface area contributed by atoms with Crippen LogP contribution in [-0.2, 0) is 9.53 Å². The lowest BCUT2D eigenvalue weighted by Gasteiger charge is -2.09. The van der Waals surface area contributed by atoms with Crippen LogP contribution in [0.25, 0.3) is 0 Å². The predicted octanol–water partition coefficient (Wildman–Crippen LogP) is -0.645. The lowest BCUT2D eigenvalue weighted by molar-refractivity contribution is -0.122. The minimum absolute atomic E-state index is 0.146. The number of nitrogens with zero attached hydrogens (tertiary/aromatic N) is 1. The van der Waals surface area contributed by atoms with Crippen LogP contribution in [0.4, 0.5) is 5.69 Å². The first-order chi connectivity index (χ1) is 8.65. The van der Waals surface area contributed by atoms with E-state index in [-0.39, 0.29) is 19.1 Å². The molecule has 1 heterocycles. The van der Waals surface area contributed by atoms with Gasteiger partial charge in [0, 0.05) is 19.8 Å². The van der Waals surface area contributed by atoms with Crippen molar-refractivity contribution in [2.45, 2.75) is 0 Å². The van der Waals surface area contributed by atoms with Crippen LogP contribution in [0, 0.1) is 0 Å². The molecule has 4 N–H and O–H groups in total. The molecule has 0 fully saturated rings. The Balaban J connectivity index is 2.38. The maximum atomic E-state index is 11.8. The molecule has 18 heavy (non-hydrogen) atoms. The number of hydrogen-bond donors (Lipinski definition) is 3. The smallest absolute Gasteiger partial charge is 0.253 e. The van der Waals surface area contributed by atoms with Crippen molar-refractivity contribution in [3.63, 3.8) is 0 Å². The summed E-state index contributed by atoms with van der Waals surface area (Å²) in [5.41, 5.74) is 6.05. The van der Waals surface area contributed by atoms with Gasteiger partial charge in [0.25, 0.3) is 5.91 Å². The Bertz CT molecular complexity index is 423. The fraction of sp³-hybridized carbons (Fsp3) is 0.364. The van der Waals surface area contributed by atoms with Gasteiger partial charge in [-0.25, -0.2) is 0 Å². The second-order valence-electron chi connectivity index (χ2n) is 3.45. The van der Waals surface area contributed by atoms with E-state index in [0.29, 0.717) is 17.8 Å². The molecule has 7 nitrogen and oxygen atoms in total. The topological polar surface area (TPSA) is 106 Å². The fourth-order valence-electron chi connectivity index (χ4n) is 1.30. The summed E-state index contributed by atoms with van der Waals surface area (Å²) in [7, 11) is 1.71. The summed E-state index contributed by atoms with van der Waals surface area (Å²) < 4.78 is 4.92. The summed E-state index contributed by atoms with van der Waals surface area (Å²) in [6.07, 6.45) is 3.11. The van der Waals surface area contributed by atoms with Crippen LogP contribution in [0.2, 0.25) is 0 Å². The van der Waals surface area contributed by atoms with Crippen molar-refractivity contribution in [1.29, 1.82) is 0 Å². The van der Waals surface area contributed by atoms with E-state index < -0.39 is 5.91 Å². The molecule has 0 unspecified atom stereocenters. The third kappa shape index (κ3) is 4.38. The van der Waals surface area contributed by atoms with E-state index in [2.05, 4.69) is 15.6 Å². The van der Waals surface area contributed by atoms with Gasteiger partial charge in [-0.1, -0.05) is 0 Å². The summed E-state index contributed by atoms with van der Waals surface area (Å²) in [5.74, 6) is -0.766. The molecule has 0 aromatic carbocycles. The number of aromatic nitrogens is 1. The van der Waals surface area contributed by atoms with E-state index in [4.69, 9.17) is 10.5 Å². The molecular formula is C11H16N4O3. The highest BCUT2D eigenvalue weighted by atomic mass is 16.5. The zero-order valence-corrected chi connectivity index (χ0v) is 10.1. The molecule has 0 bridgehead atoms. The molecule has 0 radical (unpaired) electrons. The fourth-order valence-corrected chi connectivity index (χ4v) is 1.30. The molecule has 1 aromatic rings. The van der Waals surface area contributed by atoms with E-state index in [9.17, 15) is 9.59 Å². The molecular weight excluding hydrogens is 236 g/mol. The van der Waals surface area contributed by atoms with Gasteiger partial charge in [-0.15, -0.1) is 0 Å². The van der Waals surface area contributed by atoms with Gasteiger partial charge < -0.3 is 21.1 Å². The monoisotopic (exact) mass is 252 g/mol. The Morgan fingerprint density at radius 2 is 2.28 bits per heavy atom. The quantitative estimate of drug-likeness (QED) is 0.559. The second-order valence-corrected chi connectivity index (χ2v) is 3.45. The SMILES string of the molecule is CNc1cnccc1C(=O)NCCOCC(N)=O. The lowest BCUT2D eigenvalue weighted by Crippen LogP contribution is -2.29. The van der Waals surface area contributed by atoms with Gasteiger partial charge >= 0.3 is 0 Å². The minimum atomic E-state index is -0.534. The highest BCUT2D eigenvalue weighted by Gasteiger charge is 2.09. The molecule has 0 aliphatic rings. The maximum Gasteiger partial charge on any atom is 0.253 e. The second kappa shape index (κ2) is 7.23. The van der Waals surface area contributed by atoms with Crippen LogP contribution in [0.3, 0.4) is 0 Å². The first-order valence-electron chi connectivity index (χ1n) is 5.41. The van der Waals surface area contributed by atoms with E-state index in [1.54, 1.807) is 25.5 Å². The van der Waals surface area contributed by atoms with Gasteiger partial charge in [-0.05, 0) is 6.07 Å². The Hall–Kier alpha value is -2.15. The van der Waals surface area contributed by atoms with Crippen molar-refractivity contribution in [3.8, 4) is 0 Å². The van der Waals surface area contributed by atoms with Crippen molar-refractivity contribution < 1.29 is 14.3 Å². The summed E-state index contributed by atoms with van der Waals surface area (Å²) in [5, 5.41) is 5.54. The number of nitrogens with two attached hydrogens (primary N) is 1. The number of carbonyl (C=O) groups is 2.